The lowest BCUT2D eigenvalue weighted by Crippen LogP contribution is -2.62. The van der Waals surface area contributed by atoms with Crippen LogP contribution in [0, 0.1) is 17.8 Å². The van der Waals surface area contributed by atoms with Crippen molar-refractivity contribution in [3.8, 4) is 0 Å². The Labute approximate surface area is 175 Å². The van der Waals surface area contributed by atoms with Crippen LogP contribution in [0.5, 0.6) is 0 Å². The minimum Gasteiger partial charge on any atom is -0.359 e. The highest BCUT2D eigenvalue weighted by Gasteiger charge is 2.39. The van der Waals surface area contributed by atoms with Crippen LogP contribution in [0.15, 0.2) is 0 Å². The van der Waals surface area contributed by atoms with Gasteiger partial charge in [-0.15, -0.1) is 0 Å². The van der Waals surface area contributed by atoms with Gasteiger partial charge in [0.2, 0.25) is 17.7 Å². The fraction of sp³-hybridized carbons (Fsp3) is 0.864. The van der Waals surface area contributed by atoms with Gasteiger partial charge in [0.25, 0.3) is 0 Å². The van der Waals surface area contributed by atoms with Gasteiger partial charge in [0.05, 0.1) is 6.04 Å². The number of nitrogens with zero attached hydrogens (tertiary/aromatic N) is 2. The molecule has 0 radical (unpaired) electrons. The number of piperazine rings is 1. The number of rotatable bonds is 8. The molecule has 2 fully saturated rings. The lowest BCUT2D eigenvalue weighted by atomic mass is 9.91. The van der Waals surface area contributed by atoms with Gasteiger partial charge in [-0.2, -0.15) is 0 Å². The van der Waals surface area contributed by atoms with Gasteiger partial charge in [-0.25, -0.2) is 0 Å². The molecule has 2 N–H and O–H groups in total. The number of nitrogens with one attached hydrogen (secondary N) is 2. The maximum Gasteiger partial charge on any atom is 0.245 e. The maximum absolute atomic E-state index is 13.4. The molecule has 7 nitrogen and oxygen atoms in total. The molecule has 2 aliphatic rings. The van der Waals surface area contributed by atoms with Gasteiger partial charge in [0, 0.05) is 39.6 Å². The predicted molar refractivity (Wildman–Crippen MR) is 114 cm³/mol. The van der Waals surface area contributed by atoms with Gasteiger partial charge >= 0.3 is 0 Å². The van der Waals surface area contributed by atoms with Gasteiger partial charge in [0.1, 0.15) is 6.04 Å². The normalized spacial score (nSPS) is 22.3. The van der Waals surface area contributed by atoms with Crippen LogP contribution in [0.1, 0.15) is 59.8 Å². The lowest BCUT2D eigenvalue weighted by molar-refractivity contribution is -0.150. The average molecular weight is 409 g/mol. The Morgan fingerprint density at radius 1 is 1.10 bits per heavy atom. The summed E-state index contributed by atoms with van der Waals surface area (Å²) in [6, 6.07) is -0.570. The van der Waals surface area contributed by atoms with E-state index in [1.54, 1.807) is 7.05 Å². The van der Waals surface area contributed by atoms with Gasteiger partial charge in [0.15, 0.2) is 0 Å². The SMILES string of the molecule is CNC(=O)CC1CCN(C(=O)C(CC(C)C)N2CCN[C@@H](CC(C)C)C2=O)CC1. The molecule has 166 valence electrons. The Bertz CT molecular complexity index is 570. The number of hydrogen-bond acceptors (Lipinski definition) is 4. The van der Waals surface area contributed by atoms with E-state index in [1.807, 2.05) is 9.80 Å². The maximum atomic E-state index is 13.4. The first kappa shape index (κ1) is 23.6. The zero-order valence-electron chi connectivity index (χ0n) is 18.9. The molecule has 2 rings (SSSR count). The highest BCUT2D eigenvalue weighted by molar-refractivity contribution is 5.90. The molecule has 0 aromatic rings. The molecule has 0 bridgehead atoms. The molecule has 0 aromatic carbocycles. The van der Waals surface area contributed by atoms with Crippen molar-refractivity contribution in [2.75, 3.05) is 33.2 Å². The van der Waals surface area contributed by atoms with E-state index in [9.17, 15) is 14.4 Å². The summed E-state index contributed by atoms with van der Waals surface area (Å²) in [5.41, 5.74) is 0. The molecule has 3 amide bonds. The molecule has 2 saturated heterocycles. The van der Waals surface area contributed by atoms with Crippen molar-refractivity contribution in [1.29, 1.82) is 0 Å². The van der Waals surface area contributed by atoms with Crippen LogP contribution in [0.4, 0.5) is 0 Å². The van der Waals surface area contributed by atoms with E-state index in [4.69, 9.17) is 0 Å². The fourth-order valence-electron chi connectivity index (χ4n) is 4.46. The molecule has 1 unspecified atom stereocenters. The summed E-state index contributed by atoms with van der Waals surface area (Å²) in [6.07, 6.45) is 3.71. The zero-order chi connectivity index (χ0) is 21.6. The minimum atomic E-state index is -0.380. The quantitative estimate of drug-likeness (QED) is 0.639. The zero-order valence-corrected chi connectivity index (χ0v) is 18.9. The van der Waals surface area contributed by atoms with Crippen molar-refractivity contribution in [2.45, 2.75) is 71.9 Å². The van der Waals surface area contributed by atoms with Crippen molar-refractivity contribution in [3.05, 3.63) is 0 Å². The molecular formula is C22H40N4O3. The van der Waals surface area contributed by atoms with Crippen LogP contribution >= 0.6 is 0 Å². The molecule has 0 aliphatic carbocycles. The van der Waals surface area contributed by atoms with E-state index in [0.29, 0.717) is 50.2 Å². The summed E-state index contributed by atoms with van der Waals surface area (Å²) >= 11 is 0. The Morgan fingerprint density at radius 3 is 2.31 bits per heavy atom. The fourth-order valence-corrected chi connectivity index (χ4v) is 4.46. The third-order valence-electron chi connectivity index (χ3n) is 6.07. The van der Waals surface area contributed by atoms with Crippen LogP contribution in [0.3, 0.4) is 0 Å². The van der Waals surface area contributed by atoms with Gasteiger partial charge in [-0.3, -0.25) is 14.4 Å². The van der Waals surface area contributed by atoms with Crippen molar-refractivity contribution < 1.29 is 14.4 Å². The highest BCUT2D eigenvalue weighted by Crippen LogP contribution is 2.24. The van der Waals surface area contributed by atoms with E-state index in [-0.39, 0.29) is 29.8 Å². The smallest absolute Gasteiger partial charge is 0.245 e. The van der Waals surface area contributed by atoms with E-state index in [0.717, 1.165) is 25.8 Å². The van der Waals surface area contributed by atoms with E-state index >= 15 is 0 Å². The summed E-state index contributed by atoms with van der Waals surface area (Å²) in [5.74, 6) is 1.30. The van der Waals surface area contributed by atoms with Crippen LogP contribution in [-0.4, -0.2) is 72.8 Å². The summed E-state index contributed by atoms with van der Waals surface area (Å²) in [6.45, 7) is 11.1. The van der Waals surface area contributed by atoms with Crippen LogP contribution < -0.4 is 10.6 Å². The largest absolute Gasteiger partial charge is 0.359 e. The molecular weight excluding hydrogens is 368 g/mol. The second kappa shape index (κ2) is 11.0. The number of amides is 3. The first-order valence-corrected chi connectivity index (χ1v) is 11.3. The Balaban J connectivity index is 2.05. The molecule has 2 heterocycles. The number of piperidine rings is 1. The summed E-state index contributed by atoms with van der Waals surface area (Å²) in [7, 11) is 1.66. The third kappa shape index (κ3) is 6.69. The molecule has 7 heteroatoms. The number of carbonyl (C=O) groups excluding carboxylic acids is 3. The first-order valence-electron chi connectivity index (χ1n) is 11.3. The van der Waals surface area contributed by atoms with Crippen LogP contribution in [0.2, 0.25) is 0 Å². The van der Waals surface area contributed by atoms with Crippen molar-refractivity contribution in [2.24, 2.45) is 17.8 Å². The van der Waals surface area contributed by atoms with Gasteiger partial charge in [-0.1, -0.05) is 27.7 Å². The number of hydrogen-bond donors (Lipinski definition) is 2. The number of likely N-dealkylation sites (tertiary alicyclic amines) is 1. The predicted octanol–water partition coefficient (Wildman–Crippen LogP) is 1.62. The van der Waals surface area contributed by atoms with Crippen molar-refractivity contribution >= 4 is 17.7 Å². The Hall–Kier alpha value is -1.63. The monoisotopic (exact) mass is 408 g/mol. The lowest BCUT2D eigenvalue weighted by Gasteiger charge is -2.42. The van der Waals surface area contributed by atoms with Gasteiger partial charge < -0.3 is 20.4 Å². The van der Waals surface area contributed by atoms with Crippen LogP contribution in [-0.2, 0) is 14.4 Å². The van der Waals surface area contributed by atoms with E-state index in [2.05, 4.69) is 38.3 Å². The van der Waals surface area contributed by atoms with Crippen molar-refractivity contribution in [1.82, 2.24) is 20.4 Å². The standard InChI is InChI=1S/C22H40N4O3/c1-15(2)12-18-21(28)26(11-8-24-18)19(13-16(3)4)22(29)25-9-6-17(7-10-25)14-20(27)23-5/h15-19,24H,6-14H2,1-5H3,(H,23,27)/t18-,19?/m0/s1. The molecule has 2 aliphatic heterocycles. The molecule has 0 spiro atoms. The Kier molecular flexibility index (Phi) is 8.93. The average Bonchev–Trinajstić information content (AvgIpc) is 2.67. The molecule has 0 saturated carbocycles. The second-order valence-electron chi connectivity index (χ2n) is 9.46. The van der Waals surface area contributed by atoms with Crippen molar-refractivity contribution in [3.63, 3.8) is 0 Å². The molecule has 29 heavy (non-hydrogen) atoms. The topological polar surface area (TPSA) is 81.8 Å². The minimum absolute atomic E-state index is 0.0649. The first-order chi connectivity index (χ1) is 13.7. The molecule has 0 aromatic heterocycles. The van der Waals surface area contributed by atoms with Crippen LogP contribution in [0.25, 0.3) is 0 Å². The van der Waals surface area contributed by atoms with Gasteiger partial charge in [-0.05, 0) is 43.4 Å². The Morgan fingerprint density at radius 2 is 1.76 bits per heavy atom. The summed E-state index contributed by atoms with van der Waals surface area (Å²) in [4.78, 5) is 41.9. The van der Waals surface area contributed by atoms with E-state index in [1.165, 1.54) is 0 Å². The summed E-state index contributed by atoms with van der Waals surface area (Å²) < 4.78 is 0. The highest BCUT2D eigenvalue weighted by atomic mass is 16.2. The third-order valence-corrected chi connectivity index (χ3v) is 6.07. The summed E-state index contributed by atoms with van der Waals surface area (Å²) in [5, 5.41) is 6.01. The second-order valence-corrected chi connectivity index (χ2v) is 9.46. The molecule has 2 atom stereocenters. The number of carbonyl (C=O) groups is 3. The van der Waals surface area contributed by atoms with E-state index < -0.39 is 0 Å².